The van der Waals surface area contributed by atoms with E-state index in [-0.39, 0.29) is 0 Å². The third kappa shape index (κ3) is 5.29. The van der Waals surface area contributed by atoms with Gasteiger partial charge in [0.05, 0.1) is 9.88 Å². The Bertz CT molecular complexity index is 671. The van der Waals surface area contributed by atoms with E-state index in [0.717, 1.165) is 6.42 Å². The second-order valence-electron chi connectivity index (χ2n) is 5.85. The second-order valence-corrected chi connectivity index (χ2v) is 7.91. The fourth-order valence-electron chi connectivity index (χ4n) is 2.74. The lowest BCUT2D eigenvalue weighted by molar-refractivity contribution is 0.613. The average Bonchev–Trinajstić information content (AvgIpc) is 3.26. The fraction of sp³-hybridized carbons (Fsp3) is 0.350. The van der Waals surface area contributed by atoms with Crippen LogP contribution in [0.4, 0.5) is 0 Å². The van der Waals surface area contributed by atoms with Gasteiger partial charge in [-0.2, -0.15) is 0 Å². The molecule has 2 heterocycles. The van der Waals surface area contributed by atoms with Gasteiger partial charge in [-0.1, -0.05) is 55.7 Å². The molecule has 0 saturated carbocycles. The maximum atomic E-state index is 4.57. The summed E-state index contributed by atoms with van der Waals surface area (Å²) in [6.45, 7) is 0. The monoisotopic (exact) mass is 341 g/mol. The summed E-state index contributed by atoms with van der Waals surface area (Å²) in [6, 6.07) is 15.1. The molecule has 0 aliphatic heterocycles. The van der Waals surface area contributed by atoms with Crippen LogP contribution in [0.25, 0.3) is 9.75 Å². The van der Waals surface area contributed by atoms with Crippen molar-refractivity contribution >= 4 is 22.7 Å². The molecule has 3 aromatic rings. The Labute approximate surface area is 147 Å². The molecule has 1 aromatic carbocycles. The lowest BCUT2D eigenvalue weighted by Gasteiger charge is -2.02. The minimum atomic E-state index is 1.13. The van der Waals surface area contributed by atoms with Crippen LogP contribution in [0, 0.1) is 0 Å². The van der Waals surface area contributed by atoms with Crippen LogP contribution >= 0.6 is 22.7 Å². The topological polar surface area (TPSA) is 12.9 Å². The fourth-order valence-corrected chi connectivity index (χ4v) is 4.52. The van der Waals surface area contributed by atoms with Gasteiger partial charge in [-0.3, -0.25) is 0 Å². The molecule has 3 heteroatoms. The molecular weight excluding hydrogens is 318 g/mol. The lowest BCUT2D eigenvalue weighted by atomic mass is 10.1. The van der Waals surface area contributed by atoms with E-state index in [1.54, 1.807) is 11.3 Å². The van der Waals surface area contributed by atoms with E-state index in [4.69, 9.17) is 0 Å². The Balaban J connectivity index is 1.28. The van der Waals surface area contributed by atoms with Gasteiger partial charge < -0.3 is 0 Å². The summed E-state index contributed by atoms with van der Waals surface area (Å²) in [6.07, 6.45) is 11.0. The van der Waals surface area contributed by atoms with E-state index in [1.165, 1.54) is 58.9 Å². The van der Waals surface area contributed by atoms with E-state index >= 15 is 0 Å². The van der Waals surface area contributed by atoms with Crippen molar-refractivity contribution < 1.29 is 0 Å². The standard InChI is InChI=1S/C20H23NS2/c1(2-5-10-17-11-6-4-7-12-17)3-8-14-20-21-16-19(23-20)18-13-9-15-22-18/h4,6-7,9,11-13,15-16H,1-3,5,8,10,14H2. The van der Waals surface area contributed by atoms with Crippen LogP contribution in [0.5, 0.6) is 0 Å². The normalized spacial score (nSPS) is 11.0. The predicted octanol–water partition coefficient (Wildman–Crippen LogP) is 6.61. The lowest BCUT2D eigenvalue weighted by Crippen LogP contribution is -1.87. The number of thiazole rings is 1. The van der Waals surface area contributed by atoms with Gasteiger partial charge in [0, 0.05) is 11.1 Å². The van der Waals surface area contributed by atoms with Crippen molar-refractivity contribution in [1.29, 1.82) is 0 Å². The third-order valence-electron chi connectivity index (χ3n) is 4.02. The van der Waals surface area contributed by atoms with Crippen LogP contribution in [0.2, 0.25) is 0 Å². The van der Waals surface area contributed by atoms with E-state index in [1.807, 2.05) is 17.5 Å². The smallest absolute Gasteiger partial charge is 0.0931 e. The molecule has 2 aromatic heterocycles. The van der Waals surface area contributed by atoms with E-state index in [0.29, 0.717) is 0 Å². The first kappa shape index (κ1) is 16.4. The summed E-state index contributed by atoms with van der Waals surface area (Å²) in [5.74, 6) is 0. The summed E-state index contributed by atoms with van der Waals surface area (Å²) in [5.41, 5.74) is 1.47. The number of nitrogens with zero attached hydrogens (tertiary/aromatic N) is 1. The van der Waals surface area contributed by atoms with E-state index in [2.05, 4.69) is 52.8 Å². The quantitative estimate of drug-likeness (QED) is 0.399. The number of benzene rings is 1. The zero-order valence-electron chi connectivity index (χ0n) is 13.4. The van der Waals surface area contributed by atoms with Crippen molar-refractivity contribution in [3.63, 3.8) is 0 Å². The molecule has 0 fully saturated rings. The van der Waals surface area contributed by atoms with Crippen LogP contribution in [-0.4, -0.2) is 4.98 Å². The SMILES string of the molecule is c1ccc(CCCCCCCc2ncc(-c3cccs3)s2)cc1. The maximum absolute atomic E-state index is 4.57. The van der Waals surface area contributed by atoms with Crippen molar-refractivity contribution in [1.82, 2.24) is 4.98 Å². The molecule has 0 spiro atoms. The molecule has 120 valence electrons. The highest BCUT2D eigenvalue weighted by molar-refractivity contribution is 7.21. The van der Waals surface area contributed by atoms with Crippen molar-refractivity contribution in [3.8, 4) is 9.75 Å². The Kier molecular flexibility index (Phi) is 6.42. The number of unbranched alkanes of at least 4 members (excludes halogenated alkanes) is 4. The van der Waals surface area contributed by atoms with Crippen molar-refractivity contribution in [2.45, 2.75) is 44.9 Å². The highest BCUT2D eigenvalue weighted by Crippen LogP contribution is 2.30. The molecule has 0 unspecified atom stereocenters. The van der Waals surface area contributed by atoms with Crippen LogP contribution in [0.3, 0.4) is 0 Å². The first-order valence-electron chi connectivity index (χ1n) is 8.44. The number of thiophene rings is 1. The number of aryl methyl sites for hydroxylation is 2. The number of rotatable bonds is 9. The minimum absolute atomic E-state index is 1.13. The largest absolute Gasteiger partial charge is 0.249 e. The third-order valence-corrected chi connectivity index (χ3v) is 6.14. The van der Waals surface area contributed by atoms with Crippen LogP contribution in [0.15, 0.2) is 54.0 Å². The van der Waals surface area contributed by atoms with Gasteiger partial charge in [-0.15, -0.1) is 22.7 Å². The summed E-state index contributed by atoms with van der Waals surface area (Å²) in [7, 11) is 0. The average molecular weight is 342 g/mol. The first-order valence-corrected chi connectivity index (χ1v) is 10.1. The van der Waals surface area contributed by atoms with Crippen LogP contribution < -0.4 is 0 Å². The van der Waals surface area contributed by atoms with Crippen molar-refractivity contribution in [2.24, 2.45) is 0 Å². The highest BCUT2D eigenvalue weighted by Gasteiger charge is 2.05. The van der Waals surface area contributed by atoms with Crippen molar-refractivity contribution in [2.75, 3.05) is 0 Å². The molecular formula is C20H23NS2. The molecule has 0 aliphatic rings. The molecule has 0 saturated heterocycles. The molecule has 0 bridgehead atoms. The molecule has 3 rings (SSSR count). The van der Waals surface area contributed by atoms with Crippen LogP contribution in [-0.2, 0) is 12.8 Å². The van der Waals surface area contributed by atoms with E-state index in [9.17, 15) is 0 Å². The summed E-state index contributed by atoms with van der Waals surface area (Å²) < 4.78 is 0. The highest BCUT2D eigenvalue weighted by atomic mass is 32.1. The van der Waals surface area contributed by atoms with Crippen molar-refractivity contribution in [3.05, 3.63) is 64.6 Å². The summed E-state index contributed by atoms with van der Waals surface area (Å²) >= 11 is 3.65. The molecule has 1 nitrogen and oxygen atoms in total. The zero-order valence-corrected chi connectivity index (χ0v) is 15.0. The Morgan fingerprint density at radius 2 is 1.52 bits per heavy atom. The molecule has 0 N–H and O–H groups in total. The van der Waals surface area contributed by atoms with Gasteiger partial charge in [0.1, 0.15) is 0 Å². The predicted molar refractivity (Wildman–Crippen MR) is 102 cm³/mol. The minimum Gasteiger partial charge on any atom is -0.249 e. The van der Waals surface area contributed by atoms with Crippen LogP contribution in [0.1, 0.15) is 42.7 Å². The Morgan fingerprint density at radius 3 is 2.30 bits per heavy atom. The molecule has 23 heavy (non-hydrogen) atoms. The summed E-state index contributed by atoms with van der Waals surface area (Å²) in [4.78, 5) is 7.23. The molecule has 0 amide bonds. The number of hydrogen-bond acceptors (Lipinski definition) is 3. The van der Waals surface area contributed by atoms with Gasteiger partial charge in [-0.25, -0.2) is 4.98 Å². The molecule has 0 radical (unpaired) electrons. The van der Waals surface area contributed by atoms with Gasteiger partial charge >= 0.3 is 0 Å². The summed E-state index contributed by atoms with van der Waals surface area (Å²) in [5, 5.41) is 3.42. The second kappa shape index (κ2) is 8.99. The zero-order chi connectivity index (χ0) is 15.7. The van der Waals surface area contributed by atoms with Gasteiger partial charge in [-0.05, 0) is 42.7 Å². The molecule has 0 aliphatic carbocycles. The van der Waals surface area contributed by atoms with E-state index < -0.39 is 0 Å². The Morgan fingerprint density at radius 1 is 0.739 bits per heavy atom. The van der Waals surface area contributed by atoms with Gasteiger partial charge in [0.2, 0.25) is 0 Å². The number of hydrogen-bond donors (Lipinski definition) is 0. The maximum Gasteiger partial charge on any atom is 0.0931 e. The molecule has 0 atom stereocenters. The Hall–Kier alpha value is -1.45. The van der Waals surface area contributed by atoms with Gasteiger partial charge in [0.15, 0.2) is 0 Å². The van der Waals surface area contributed by atoms with Gasteiger partial charge in [0.25, 0.3) is 0 Å². The number of aromatic nitrogens is 1. The first-order chi connectivity index (χ1) is 11.4.